The summed E-state index contributed by atoms with van der Waals surface area (Å²) in [7, 11) is 0. The number of aromatic hydroxyl groups is 1. The van der Waals surface area contributed by atoms with Crippen molar-refractivity contribution in [1.82, 2.24) is 20.2 Å². The van der Waals surface area contributed by atoms with Crippen molar-refractivity contribution in [1.29, 1.82) is 0 Å². The summed E-state index contributed by atoms with van der Waals surface area (Å²) in [6.07, 6.45) is 3.38. The van der Waals surface area contributed by atoms with E-state index in [-0.39, 0.29) is 11.3 Å². The molecule has 0 unspecified atom stereocenters. The fraction of sp³-hybridized carbons (Fsp3) is 0.353. The van der Waals surface area contributed by atoms with Gasteiger partial charge in [0.2, 0.25) is 0 Å². The lowest BCUT2D eigenvalue weighted by atomic mass is 9.91. The number of pyridine rings is 2. The van der Waals surface area contributed by atoms with E-state index in [2.05, 4.69) is 47.9 Å². The number of fused-ring (bicyclic) bond motifs is 1. The maximum absolute atomic E-state index is 10.7. The number of rotatable bonds is 2. The van der Waals surface area contributed by atoms with E-state index in [1.54, 1.807) is 18.3 Å². The van der Waals surface area contributed by atoms with Crippen molar-refractivity contribution < 1.29 is 5.11 Å². The van der Waals surface area contributed by atoms with E-state index in [1.807, 2.05) is 0 Å². The molecule has 0 bridgehead atoms. The number of nitrogens with one attached hydrogen (secondary N) is 1. The number of nitrogens with two attached hydrogens (primary N) is 1. The highest BCUT2D eigenvalue weighted by Crippen LogP contribution is 2.39. The smallest absolute Gasteiger partial charge is 0.161 e. The number of aromatic amines is 1. The zero-order chi connectivity index (χ0) is 18.5. The molecule has 4 heterocycles. The van der Waals surface area contributed by atoms with Crippen LogP contribution in [0.2, 0.25) is 5.02 Å². The molecule has 1 saturated heterocycles. The molecule has 7 nitrogen and oxygen atoms in total. The first kappa shape index (κ1) is 17.5. The minimum atomic E-state index is -0.144. The van der Waals surface area contributed by atoms with Gasteiger partial charge in [-0.05, 0) is 41.8 Å². The van der Waals surface area contributed by atoms with Gasteiger partial charge in [0.05, 0.1) is 10.4 Å². The van der Waals surface area contributed by atoms with Crippen LogP contribution >= 0.6 is 27.5 Å². The molecule has 4 N–H and O–H groups in total. The van der Waals surface area contributed by atoms with Gasteiger partial charge in [0, 0.05) is 36.5 Å². The van der Waals surface area contributed by atoms with E-state index >= 15 is 0 Å². The minimum Gasteiger partial charge on any atom is -0.507 e. The summed E-state index contributed by atoms with van der Waals surface area (Å²) in [5.41, 5.74) is 7.78. The Morgan fingerprint density at radius 1 is 1.38 bits per heavy atom. The highest BCUT2D eigenvalue weighted by atomic mass is 79.9. The topological polar surface area (TPSA) is 104 Å². The zero-order valence-corrected chi connectivity index (χ0v) is 16.5. The molecule has 1 fully saturated rings. The summed E-state index contributed by atoms with van der Waals surface area (Å²) in [6, 6.07) is 3.42. The van der Waals surface area contributed by atoms with E-state index < -0.39 is 0 Å². The van der Waals surface area contributed by atoms with E-state index in [4.69, 9.17) is 17.3 Å². The second-order valence-corrected chi connectivity index (χ2v) is 8.03. The summed E-state index contributed by atoms with van der Waals surface area (Å²) in [5, 5.41) is 18.8. The Kier molecular flexibility index (Phi) is 4.29. The zero-order valence-electron chi connectivity index (χ0n) is 14.1. The summed E-state index contributed by atoms with van der Waals surface area (Å²) in [5.74, 6) is 0.821. The van der Waals surface area contributed by atoms with Crippen LogP contribution in [0.25, 0.3) is 22.3 Å². The van der Waals surface area contributed by atoms with Gasteiger partial charge < -0.3 is 15.7 Å². The maximum Gasteiger partial charge on any atom is 0.161 e. The molecule has 1 aliphatic rings. The van der Waals surface area contributed by atoms with Crippen LogP contribution in [-0.4, -0.2) is 43.9 Å². The molecule has 9 heteroatoms. The Morgan fingerprint density at radius 3 is 2.85 bits per heavy atom. The monoisotopic (exact) mass is 436 g/mol. The number of hydrogen-bond donors (Lipinski definition) is 3. The van der Waals surface area contributed by atoms with Gasteiger partial charge in [-0.1, -0.05) is 11.6 Å². The van der Waals surface area contributed by atoms with Crippen LogP contribution in [0.15, 0.2) is 22.9 Å². The Balaban J connectivity index is 1.76. The third kappa shape index (κ3) is 3.02. The second-order valence-electron chi connectivity index (χ2n) is 6.90. The molecule has 0 aliphatic carbocycles. The van der Waals surface area contributed by atoms with Crippen molar-refractivity contribution in [3.8, 4) is 17.0 Å². The van der Waals surface area contributed by atoms with Gasteiger partial charge in [0.15, 0.2) is 5.65 Å². The van der Waals surface area contributed by atoms with Gasteiger partial charge in [0.1, 0.15) is 21.9 Å². The van der Waals surface area contributed by atoms with Crippen LogP contribution in [0.5, 0.6) is 5.75 Å². The number of H-pyrrole nitrogens is 1. The molecule has 3 aromatic heterocycles. The summed E-state index contributed by atoms with van der Waals surface area (Å²) < 4.78 is 0.523. The molecule has 136 valence electrons. The van der Waals surface area contributed by atoms with Gasteiger partial charge in [0.25, 0.3) is 0 Å². The molecule has 3 aromatic rings. The number of halogens is 2. The number of hydrogen-bond acceptors (Lipinski definition) is 6. The quantitative estimate of drug-likeness (QED) is 0.530. The van der Waals surface area contributed by atoms with E-state index in [9.17, 15) is 5.11 Å². The molecule has 0 radical (unpaired) electrons. The van der Waals surface area contributed by atoms with Crippen molar-refractivity contribution >= 4 is 44.4 Å². The third-order valence-corrected chi connectivity index (χ3v) is 6.04. The normalized spacial score (nSPS) is 17.0. The first-order valence-corrected chi connectivity index (χ1v) is 9.45. The average molecular weight is 438 g/mol. The number of aromatic nitrogens is 4. The van der Waals surface area contributed by atoms with Gasteiger partial charge in [-0.3, -0.25) is 5.10 Å². The van der Waals surface area contributed by atoms with Crippen molar-refractivity contribution in [3.05, 3.63) is 28.0 Å². The first-order chi connectivity index (χ1) is 12.4. The first-order valence-electron chi connectivity index (χ1n) is 8.28. The molecule has 0 amide bonds. The van der Waals surface area contributed by atoms with Crippen LogP contribution in [0.3, 0.4) is 0 Å². The minimum absolute atomic E-state index is 0.110. The molecule has 0 saturated carbocycles. The van der Waals surface area contributed by atoms with Crippen molar-refractivity contribution in [2.24, 2.45) is 5.73 Å². The third-order valence-electron chi connectivity index (χ3n) is 4.83. The lowest BCUT2D eigenvalue weighted by Gasteiger charge is -2.37. The van der Waals surface area contributed by atoms with E-state index in [0.717, 1.165) is 25.9 Å². The van der Waals surface area contributed by atoms with Crippen LogP contribution in [0, 0.1) is 0 Å². The molecule has 26 heavy (non-hydrogen) atoms. The van der Waals surface area contributed by atoms with Crippen molar-refractivity contribution in [2.75, 3.05) is 18.0 Å². The Morgan fingerprint density at radius 2 is 2.12 bits per heavy atom. The molecule has 1 aliphatic heterocycles. The van der Waals surface area contributed by atoms with Crippen molar-refractivity contribution in [3.63, 3.8) is 0 Å². The van der Waals surface area contributed by atoms with Gasteiger partial charge in [-0.2, -0.15) is 5.10 Å². The maximum atomic E-state index is 10.7. The van der Waals surface area contributed by atoms with Crippen molar-refractivity contribution in [2.45, 2.75) is 25.3 Å². The Hall–Kier alpha value is -1.90. The van der Waals surface area contributed by atoms with Gasteiger partial charge >= 0.3 is 0 Å². The lowest BCUT2D eigenvalue weighted by molar-refractivity contribution is 0.363. The number of anilines is 1. The van der Waals surface area contributed by atoms with E-state index in [1.165, 1.54) is 0 Å². The second kappa shape index (κ2) is 6.37. The summed E-state index contributed by atoms with van der Waals surface area (Å²) in [6.45, 7) is 3.67. The predicted molar refractivity (Wildman–Crippen MR) is 106 cm³/mol. The Bertz CT molecular complexity index is 979. The molecule has 0 spiro atoms. The molecule has 0 atom stereocenters. The van der Waals surface area contributed by atoms with Crippen LogP contribution < -0.4 is 10.6 Å². The van der Waals surface area contributed by atoms with E-state index in [0.29, 0.717) is 37.7 Å². The average Bonchev–Trinajstić information content (AvgIpc) is 3.01. The highest BCUT2D eigenvalue weighted by molar-refractivity contribution is 9.10. The summed E-state index contributed by atoms with van der Waals surface area (Å²) >= 11 is 9.64. The van der Waals surface area contributed by atoms with Gasteiger partial charge in [-0.25, -0.2) is 9.97 Å². The molecular formula is C17H18BrClN6O. The largest absolute Gasteiger partial charge is 0.507 e. The Labute approximate surface area is 163 Å². The molecular weight excluding hydrogens is 420 g/mol. The molecule has 4 rings (SSSR count). The number of nitrogens with zero attached hydrogens (tertiary/aromatic N) is 4. The number of piperidine rings is 1. The highest BCUT2D eigenvalue weighted by Gasteiger charge is 2.27. The SMILES string of the molecule is CC1(N)CCN(c2cc(O)c3c(-c4ccnc(Br)c4Cl)n[nH]c3n2)CC1. The standard InChI is InChI=1S/C17H18BrClN6O/c1-17(20)3-6-25(7-4-17)11-8-10(26)12-14(23-24-16(12)22-11)9-2-5-21-15(18)13(9)19/h2,5,8H,3-4,6-7,20H2,1H3,(H2,22,23,24,26). The van der Waals surface area contributed by atoms with Crippen LogP contribution in [0.1, 0.15) is 19.8 Å². The molecule has 0 aromatic carbocycles. The predicted octanol–water partition coefficient (Wildman–Crippen LogP) is 3.46. The summed E-state index contributed by atoms with van der Waals surface area (Å²) in [4.78, 5) is 10.9. The fourth-order valence-electron chi connectivity index (χ4n) is 3.20. The van der Waals surface area contributed by atoms with Gasteiger partial charge in [-0.15, -0.1) is 0 Å². The lowest BCUT2D eigenvalue weighted by Crippen LogP contribution is -2.48. The van der Waals surface area contributed by atoms with Crippen LogP contribution in [-0.2, 0) is 0 Å². The fourth-order valence-corrected chi connectivity index (χ4v) is 3.74. The van der Waals surface area contributed by atoms with Crippen LogP contribution in [0.4, 0.5) is 5.82 Å².